The molecule has 1 unspecified atom stereocenters. The van der Waals surface area contributed by atoms with Crippen LogP contribution < -0.4 is 5.32 Å². The Hall–Kier alpha value is -0.530. The zero-order valence-electron chi connectivity index (χ0n) is 11.0. The first-order chi connectivity index (χ1) is 8.26. The van der Waals surface area contributed by atoms with Crippen molar-refractivity contribution < 1.29 is 0 Å². The predicted molar refractivity (Wildman–Crippen MR) is 76.8 cm³/mol. The fourth-order valence-corrected chi connectivity index (χ4v) is 2.44. The SMILES string of the molecule is CCCC(CCCc1cccc(Cl)c1)NCC. The summed E-state index contributed by atoms with van der Waals surface area (Å²) in [6.45, 7) is 5.50. The molecule has 1 N–H and O–H groups in total. The highest BCUT2D eigenvalue weighted by atomic mass is 35.5. The van der Waals surface area contributed by atoms with Gasteiger partial charge in [0.1, 0.15) is 0 Å². The van der Waals surface area contributed by atoms with Gasteiger partial charge in [0.25, 0.3) is 0 Å². The highest BCUT2D eigenvalue weighted by Gasteiger charge is 2.05. The summed E-state index contributed by atoms with van der Waals surface area (Å²) in [7, 11) is 0. The second-order valence-electron chi connectivity index (χ2n) is 4.57. The fraction of sp³-hybridized carbons (Fsp3) is 0.600. The van der Waals surface area contributed by atoms with Crippen molar-refractivity contribution in [2.24, 2.45) is 0 Å². The maximum atomic E-state index is 5.97. The van der Waals surface area contributed by atoms with Gasteiger partial charge in [-0.15, -0.1) is 0 Å². The third kappa shape index (κ3) is 6.09. The molecular weight excluding hydrogens is 230 g/mol. The molecule has 0 saturated carbocycles. The Morgan fingerprint density at radius 1 is 1.24 bits per heavy atom. The molecule has 0 aromatic heterocycles. The van der Waals surface area contributed by atoms with Gasteiger partial charge in [-0.2, -0.15) is 0 Å². The summed E-state index contributed by atoms with van der Waals surface area (Å²) in [5.74, 6) is 0. The Morgan fingerprint density at radius 2 is 2.06 bits per heavy atom. The first-order valence-electron chi connectivity index (χ1n) is 6.74. The van der Waals surface area contributed by atoms with Gasteiger partial charge < -0.3 is 5.32 Å². The minimum Gasteiger partial charge on any atom is -0.314 e. The third-order valence-corrected chi connectivity index (χ3v) is 3.27. The maximum absolute atomic E-state index is 5.97. The second-order valence-corrected chi connectivity index (χ2v) is 5.00. The van der Waals surface area contributed by atoms with Crippen LogP contribution in [0.4, 0.5) is 0 Å². The average molecular weight is 254 g/mol. The van der Waals surface area contributed by atoms with E-state index in [1.165, 1.54) is 31.2 Å². The third-order valence-electron chi connectivity index (χ3n) is 3.04. The molecule has 0 aliphatic carbocycles. The summed E-state index contributed by atoms with van der Waals surface area (Å²) in [6, 6.07) is 8.89. The largest absolute Gasteiger partial charge is 0.314 e. The number of benzene rings is 1. The minimum atomic E-state index is 0.684. The van der Waals surface area contributed by atoms with Crippen LogP contribution >= 0.6 is 11.6 Å². The van der Waals surface area contributed by atoms with Gasteiger partial charge in [0, 0.05) is 11.1 Å². The molecule has 17 heavy (non-hydrogen) atoms. The molecule has 0 spiro atoms. The smallest absolute Gasteiger partial charge is 0.0408 e. The average Bonchev–Trinajstić information content (AvgIpc) is 2.30. The molecule has 0 aliphatic heterocycles. The zero-order valence-corrected chi connectivity index (χ0v) is 11.8. The van der Waals surface area contributed by atoms with Gasteiger partial charge in [0.15, 0.2) is 0 Å². The quantitative estimate of drug-likeness (QED) is 0.722. The summed E-state index contributed by atoms with van der Waals surface area (Å²) in [5, 5.41) is 4.40. The number of halogens is 1. The van der Waals surface area contributed by atoms with E-state index < -0.39 is 0 Å². The van der Waals surface area contributed by atoms with E-state index in [2.05, 4.69) is 31.3 Å². The molecule has 1 atom stereocenters. The molecule has 0 aliphatic rings. The molecule has 0 heterocycles. The molecule has 2 heteroatoms. The Morgan fingerprint density at radius 3 is 2.71 bits per heavy atom. The topological polar surface area (TPSA) is 12.0 Å². The van der Waals surface area contributed by atoms with Crippen LogP contribution in [0.1, 0.15) is 45.1 Å². The molecule has 1 nitrogen and oxygen atoms in total. The van der Waals surface area contributed by atoms with E-state index in [-0.39, 0.29) is 0 Å². The lowest BCUT2D eigenvalue weighted by molar-refractivity contribution is 0.447. The van der Waals surface area contributed by atoms with Gasteiger partial charge in [-0.25, -0.2) is 0 Å². The molecule has 0 amide bonds. The number of nitrogens with one attached hydrogen (secondary N) is 1. The number of rotatable bonds is 8. The van der Waals surface area contributed by atoms with Gasteiger partial charge in [0.2, 0.25) is 0 Å². The van der Waals surface area contributed by atoms with E-state index in [0.717, 1.165) is 18.0 Å². The van der Waals surface area contributed by atoms with Crippen molar-refractivity contribution in [3.05, 3.63) is 34.9 Å². The molecule has 0 saturated heterocycles. The van der Waals surface area contributed by atoms with Crippen LogP contribution in [-0.4, -0.2) is 12.6 Å². The summed E-state index contributed by atoms with van der Waals surface area (Å²) in [4.78, 5) is 0. The van der Waals surface area contributed by atoms with Crippen LogP contribution in [-0.2, 0) is 6.42 Å². The van der Waals surface area contributed by atoms with Crippen LogP contribution in [0.5, 0.6) is 0 Å². The van der Waals surface area contributed by atoms with Gasteiger partial charge >= 0.3 is 0 Å². The molecule has 96 valence electrons. The summed E-state index contributed by atoms with van der Waals surface area (Å²) in [5.41, 5.74) is 1.35. The Balaban J connectivity index is 2.30. The first-order valence-corrected chi connectivity index (χ1v) is 7.11. The summed E-state index contributed by atoms with van der Waals surface area (Å²) >= 11 is 5.97. The van der Waals surface area contributed by atoms with Crippen molar-refractivity contribution in [3.63, 3.8) is 0 Å². The van der Waals surface area contributed by atoms with E-state index in [1.54, 1.807) is 0 Å². The summed E-state index contributed by atoms with van der Waals surface area (Å²) < 4.78 is 0. The van der Waals surface area contributed by atoms with Crippen LogP contribution in [0.2, 0.25) is 5.02 Å². The molecule has 1 aromatic carbocycles. The van der Waals surface area contributed by atoms with Crippen molar-refractivity contribution in [1.82, 2.24) is 5.32 Å². The van der Waals surface area contributed by atoms with Gasteiger partial charge in [-0.3, -0.25) is 0 Å². The van der Waals surface area contributed by atoms with E-state index in [0.29, 0.717) is 6.04 Å². The van der Waals surface area contributed by atoms with Crippen molar-refractivity contribution in [2.45, 2.75) is 52.0 Å². The van der Waals surface area contributed by atoms with Gasteiger partial charge in [-0.1, -0.05) is 44.0 Å². The molecule has 1 aromatic rings. The van der Waals surface area contributed by atoms with Crippen LogP contribution in [0.25, 0.3) is 0 Å². The van der Waals surface area contributed by atoms with Gasteiger partial charge in [0.05, 0.1) is 0 Å². The zero-order chi connectivity index (χ0) is 12.5. The van der Waals surface area contributed by atoms with E-state index >= 15 is 0 Å². The van der Waals surface area contributed by atoms with Crippen molar-refractivity contribution in [1.29, 1.82) is 0 Å². The molecule has 0 radical (unpaired) electrons. The molecule has 0 bridgehead atoms. The van der Waals surface area contributed by atoms with E-state index in [1.807, 2.05) is 12.1 Å². The van der Waals surface area contributed by atoms with E-state index in [4.69, 9.17) is 11.6 Å². The van der Waals surface area contributed by atoms with Crippen molar-refractivity contribution >= 4 is 11.6 Å². The Kier molecular flexibility index (Phi) is 7.30. The Labute approximate surface area is 111 Å². The molecule has 1 rings (SSSR count). The first kappa shape index (κ1) is 14.5. The lowest BCUT2D eigenvalue weighted by Gasteiger charge is -2.16. The number of hydrogen-bond donors (Lipinski definition) is 1. The predicted octanol–water partition coefficient (Wildman–Crippen LogP) is 4.44. The van der Waals surface area contributed by atoms with Crippen molar-refractivity contribution in [2.75, 3.05) is 6.54 Å². The lowest BCUT2D eigenvalue weighted by atomic mass is 10.0. The van der Waals surface area contributed by atoms with Crippen LogP contribution in [0, 0.1) is 0 Å². The van der Waals surface area contributed by atoms with E-state index in [9.17, 15) is 0 Å². The normalized spacial score (nSPS) is 12.6. The lowest BCUT2D eigenvalue weighted by Crippen LogP contribution is -2.28. The van der Waals surface area contributed by atoms with Crippen LogP contribution in [0.15, 0.2) is 24.3 Å². The number of aryl methyl sites for hydroxylation is 1. The van der Waals surface area contributed by atoms with Crippen molar-refractivity contribution in [3.8, 4) is 0 Å². The summed E-state index contributed by atoms with van der Waals surface area (Å²) in [6.07, 6.45) is 6.16. The monoisotopic (exact) mass is 253 g/mol. The fourth-order valence-electron chi connectivity index (χ4n) is 2.23. The minimum absolute atomic E-state index is 0.684. The molecule has 0 fully saturated rings. The van der Waals surface area contributed by atoms with Crippen LogP contribution in [0.3, 0.4) is 0 Å². The maximum Gasteiger partial charge on any atom is 0.0408 e. The highest BCUT2D eigenvalue weighted by Crippen LogP contribution is 2.14. The Bertz CT molecular complexity index is 306. The standard InChI is InChI=1S/C15H24ClN/c1-3-7-15(17-4-2)11-6-9-13-8-5-10-14(16)12-13/h5,8,10,12,15,17H,3-4,6-7,9,11H2,1-2H3. The molecular formula is C15H24ClN. The van der Waals surface area contributed by atoms with Gasteiger partial charge in [-0.05, 0) is 49.9 Å². The number of hydrogen-bond acceptors (Lipinski definition) is 1. The second kappa shape index (κ2) is 8.54. The highest BCUT2D eigenvalue weighted by molar-refractivity contribution is 6.30.